The predicted molar refractivity (Wildman–Crippen MR) is 187 cm³/mol. The van der Waals surface area contributed by atoms with Gasteiger partial charge in [-0.3, -0.25) is 9.55 Å². The average Bonchev–Trinajstić information content (AvgIpc) is 3.69. The number of para-hydroxylation sites is 1. The third kappa shape index (κ3) is 4.26. The molecule has 0 aliphatic carbocycles. The summed E-state index contributed by atoms with van der Waals surface area (Å²) in [5.41, 5.74) is 9.43. The van der Waals surface area contributed by atoms with E-state index in [4.69, 9.17) is 9.41 Å². The third-order valence-corrected chi connectivity index (χ3v) is 8.80. The zero-order chi connectivity index (χ0) is 30.5. The Morgan fingerprint density at radius 1 is 0.717 bits per heavy atom. The number of rotatable bonds is 4. The largest absolute Gasteiger partial charge is 0.455 e. The van der Waals surface area contributed by atoms with Crippen LogP contribution in [-0.4, -0.2) is 28.1 Å². The summed E-state index contributed by atoms with van der Waals surface area (Å²) >= 11 is 0. The van der Waals surface area contributed by atoms with Crippen molar-refractivity contribution in [2.24, 2.45) is 4.99 Å². The van der Waals surface area contributed by atoms with Crippen molar-refractivity contribution < 1.29 is 4.42 Å². The van der Waals surface area contributed by atoms with Gasteiger partial charge in [0, 0.05) is 58.2 Å². The molecule has 46 heavy (non-hydrogen) atoms. The summed E-state index contributed by atoms with van der Waals surface area (Å²) in [6.07, 6.45) is 11.8. The molecule has 9 rings (SSSR count). The number of fused-ring (bicyclic) bond motifs is 5. The number of hydrogen-bond acceptors (Lipinski definition) is 5. The highest BCUT2D eigenvalue weighted by molar-refractivity contribution is 6.26. The van der Waals surface area contributed by atoms with E-state index >= 15 is 0 Å². The van der Waals surface area contributed by atoms with Gasteiger partial charge in [-0.2, -0.15) is 0 Å². The molecule has 0 saturated carbocycles. The van der Waals surface area contributed by atoms with Crippen molar-refractivity contribution in [2.75, 3.05) is 6.54 Å². The van der Waals surface area contributed by atoms with Crippen LogP contribution in [0.2, 0.25) is 0 Å². The Kier molecular flexibility index (Phi) is 6.16. The van der Waals surface area contributed by atoms with E-state index in [0.717, 1.165) is 84.4 Å². The molecule has 3 aromatic heterocycles. The van der Waals surface area contributed by atoms with E-state index in [0.29, 0.717) is 0 Å². The van der Waals surface area contributed by atoms with Crippen molar-refractivity contribution in [1.82, 2.24) is 20.2 Å². The van der Waals surface area contributed by atoms with E-state index in [1.165, 1.54) is 0 Å². The minimum absolute atomic E-state index is 0.251. The van der Waals surface area contributed by atoms with Crippen LogP contribution in [0.1, 0.15) is 5.56 Å². The zero-order valence-corrected chi connectivity index (χ0v) is 24.9. The van der Waals surface area contributed by atoms with Gasteiger partial charge in [0.25, 0.3) is 0 Å². The van der Waals surface area contributed by atoms with Crippen LogP contribution in [0.25, 0.3) is 60.9 Å². The number of aliphatic imine (C=N–C) groups is 1. The molecule has 6 nitrogen and oxygen atoms in total. The summed E-state index contributed by atoms with van der Waals surface area (Å²) in [6, 6.07) is 37.9. The van der Waals surface area contributed by atoms with Gasteiger partial charge in [-0.05, 0) is 53.7 Å². The molecule has 0 saturated heterocycles. The average molecular weight is 596 g/mol. The number of furan rings is 1. The van der Waals surface area contributed by atoms with Gasteiger partial charge in [0.1, 0.15) is 23.3 Å². The zero-order valence-electron chi connectivity index (χ0n) is 24.9. The van der Waals surface area contributed by atoms with E-state index in [9.17, 15) is 0 Å². The molecule has 0 amide bonds. The molecule has 220 valence electrons. The van der Waals surface area contributed by atoms with Crippen molar-refractivity contribution in [2.45, 2.75) is 6.17 Å². The number of nitrogens with zero attached hydrogens (tertiary/aromatic N) is 3. The number of allylic oxidation sites excluding steroid dienone is 1. The first-order chi connectivity index (χ1) is 22.8. The quantitative estimate of drug-likeness (QED) is 0.214. The predicted octanol–water partition coefficient (Wildman–Crippen LogP) is 8.53. The molecule has 4 aromatic carbocycles. The van der Waals surface area contributed by atoms with Crippen LogP contribution < -0.4 is 10.6 Å². The van der Waals surface area contributed by atoms with Crippen LogP contribution in [0.4, 0.5) is 0 Å². The Morgan fingerprint density at radius 3 is 2.26 bits per heavy atom. The summed E-state index contributed by atoms with van der Waals surface area (Å²) in [4.78, 5) is 9.57. The van der Waals surface area contributed by atoms with E-state index in [-0.39, 0.29) is 6.17 Å². The highest BCUT2D eigenvalue weighted by atomic mass is 16.3. The van der Waals surface area contributed by atoms with Crippen molar-refractivity contribution in [1.29, 1.82) is 0 Å². The Morgan fingerprint density at radius 2 is 1.48 bits per heavy atom. The fourth-order valence-electron chi connectivity index (χ4n) is 6.71. The van der Waals surface area contributed by atoms with Gasteiger partial charge >= 0.3 is 0 Å². The van der Waals surface area contributed by atoms with Crippen LogP contribution in [0.5, 0.6) is 0 Å². The standard InChI is InChI=1S/C40H29N5O/c1-3-9-27(10-4-1)36-31-15-16-34-37(39(31)46-38(36)28-11-5-2-6-12-28)30-13-7-8-14-33(30)45(34)35-25-32(26-17-21-41-22-18-26)43-40(44-35)29-19-23-42-24-20-29/h1-23,25,40,42-43H,24H2. The number of hydrogen-bond donors (Lipinski definition) is 2. The summed E-state index contributed by atoms with van der Waals surface area (Å²) in [5.74, 6) is 1.72. The third-order valence-electron chi connectivity index (χ3n) is 8.80. The van der Waals surface area contributed by atoms with Crippen LogP contribution in [-0.2, 0) is 0 Å². The highest BCUT2D eigenvalue weighted by Crippen LogP contribution is 2.45. The first kappa shape index (κ1) is 26.3. The first-order valence-corrected chi connectivity index (χ1v) is 15.5. The molecule has 2 N–H and O–H groups in total. The van der Waals surface area contributed by atoms with Gasteiger partial charge in [-0.15, -0.1) is 0 Å². The second kappa shape index (κ2) is 10.8. The molecule has 1 atom stereocenters. The van der Waals surface area contributed by atoms with E-state index in [2.05, 4.69) is 129 Å². The molecule has 5 heterocycles. The molecule has 7 aromatic rings. The van der Waals surface area contributed by atoms with Crippen LogP contribution >= 0.6 is 0 Å². The topological polar surface area (TPSA) is 67.4 Å². The van der Waals surface area contributed by atoms with Gasteiger partial charge in [0.2, 0.25) is 0 Å². The second-order valence-electron chi connectivity index (χ2n) is 11.5. The lowest BCUT2D eigenvalue weighted by atomic mass is 9.98. The molecule has 0 spiro atoms. The van der Waals surface area contributed by atoms with Crippen molar-refractivity contribution >= 4 is 44.3 Å². The fraction of sp³-hybridized carbons (Fsp3) is 0.0500. The van der Waals surface area contributed by atoms with Crippen LogP contribution in [0.15, 0.2) is 161 Å². The number of nitrogens with one attached hydrogen (secondary N) is 2. The number of benzene rings is 4. The highest BCUT2D eigenvalue weighted by Gasteiger charge is 2.26. The smallest absolute Gasteiger partial charge is 0.146 e. The number of pyridine rings is 1. The molecule has 0 bridgehead atoms. The number of aromatic nitrogens is 2. The summed E-state index contributed by atoms with van der Waals surface area (Å²) in [7, 11) is 0. The molecule has 2 aliphatic heterocycles. The Hall–Kier alpha value is -6.14. The van der Waals surface area contributed by atoms with Crippen LogP contribution in [0, 0.1) is 0 Å². The lowest BCUT2D eigenvalue weighted by Crippen LogP contribution is -2.35. The molecule has 2 aliphatic rings. The first-order valence-electron chi connectivity index (χ1n) is 15.5. The Labute approximate surface area is 265 Å². The second-order valence-corrected chi connectivity index (χ2v) is 11.5. The van der Waals surface area contributed by atoms with E-state index in [1.54, 1.807) is 0 Å². The molecular weight excluding hydrogens is 566 g/mol. The normalized spacial score (nSPS) is 16.2. The molecule has 1 unspecified atom stereocenters. The van der Waals surface area contributed by atoms with Crippen molar-refractivity contribution in [3.63, 3.8) is 0 Å². The van der Waals surface area contributed by atoms with Gasteiger partial charge in [0.15, 0.2) is 0 Å². The maximum atomic E-state index is 6.96. The summed E-state index contributed by atoms with van der Waals surface area (Å²) < 4.78 is 9.23. The fourth-order valence-corrected chi connectivity index (χ4v) is 6.71. The summed E-state index contributed by atoms with van der Waals surface area (Å²) in [5, 5.41) is 10.2. The molecule has 0 fully saturated rings. The Balaban J connectivity index is 1.33. The molecule has 6 heteroatoms. The van der Waals surface area contributed by atoms with Gasteiger partial charge in [0.05, 0.1) is 16.4 Å². The van der Waals surface area contributed by atoms with Crippen LogP contribution in [0.3, 0.4) is 0 Å². The van der Waals surface area contributed by atoms with E-state index < -0.39 is 0 Å². The minimum atomic E-state index is -0.251. The van der Waals surface area contributed by atoms with Gasteiger partial charge < -0.3 is 15.1 Å². The Bertz CT molecular complexity index is 2380. The number of dihydropyridines is 1. The van der Waals surface area contributed by atoms with Crippen molar-refractivity contribution in [3.05, 3.63) is 157 Å². The van der Waals surface area contributed by atoms with Gasteiger partial charge in [-0.25, -0.2) is 4.99 Å². The maximum absolute atomic E-state index is 6.96. The monoisotopic (exact) mass is 595 g/mol. The lowest BCUT2D eigenvalue weighted by molar-refractivity contribution is 0.636. The van der Waals surface area contributed by atoms with E-state index in [1.807, 2.05) is 36.8 Å². The minimum Gasteiger partial charge on any atom is -0.455 e. The lowest BCUT2D eigenvalue weighted by Gasteiger charge is -2.27. The molecular formula is C40H29N5O. The molecule has 0 radical (unpaired) electrons. The summed E-state index contributed by atoms with van der Waals surface area (Å²) in [6.45, 7) is 0.766. The van der Waals surface area contributed by atoms with Gasteiger partial charge in [-0.1, -0.05) is 84.9 Å². The van der Waals surface area contributed by atoms with Crippen molar-refractivity contribution in [3.8, 4) is 22.5 Å². The SMILES string of the molecule is C1=CC(C2N=C(n3c4ccccc4c4c5oc(-c6ccccc6)c(-c6ccccc6)c5ccc43)C=C(c3ccncc3)N2)=CCN1. The maximum Gasteiger partial charge on any atom is 0.146 e.